The van der Waals surface area contributed by atoms with Crippen molar-refractivity contribution in [3.05, 3.63) is 0 Å². The summed E-state index contributed by atoms with van der Waals surface area (Å²) in [5.41, 5.74) is 0. The highest BCUT2D eigenvalue weighted by atomic mass is 127. The van der Waals surface area contributed by atoms with Crippen molar-refractivity contribution in [2.24, 2.45) is 4.99 Å². The predicted molar refractivity (Wildman–Crippen MR) is 34.1 cm³/mol. The van der Waals surface area contributed by atoms with Crippen molar-refractivity contribution >= 4 is 29.2 Å². The minimum Gasteiger partial charge on any atom is -0.304 e. The van der Waals surface area contributed by atoms with E-state index in [0.29, 0.717) is 0 Å². The van der Waals surface area contributed by atoms with Gasteiger partial charge in [-0.2, -0.15) is 0 Å². The van der Waals surface area contributed by atoms with Crippen molar-refractivity contribution in [2.45, 2.75) is 0 Å². The van der Waals surface area contributed by atoms with Gasteiger partial charge in [-0.25, -0.2) is 0 Å². The Labute approximate surface area is 50.7 Å². The molecular weight excluding hydrogens is 191 g/mol. The molecule has 1 aliphatic heterocycles. The maximum atomic E-state index is 3.96. The molecule has 0 radical (unpaired) electrons. The van der Waals surface area contributed by atoms with Crippen LogP contribution in [0.2, 0.25) is 0 Å². The van der Waals surface area contributed by atoms with E-state index in [1.807, 2.05) is 9.45 Å². The molecule has 3 heteroatoms. The number of rotatable bonds is 0. The van der Waals surface area contributed by atoms with Crippen LogP contribution in [0.3, 0.4) is 0 Å². The lowest BCUT2D eigenvalue weighted by Crippen LogP contribution is -2.02. The van der Waals surface area contributed by atoms with Gasteiger partial charge in [0, 0.05) is 6.54 Å². The average molecular weight is 196 g/mol. The Morgan fingerprint density at radius 2 is 2.67 bits per heavy atom. The molecule has 0 aromatic heterocycles. The zero-order chi connectivity index (χ0) is 4.41. The van der Waals surface area contributed by atoms with Crippen LogP contribution in [0, 0.1) is 0 Å². The SMILES string of the molecule is IN1C=NCC1. The van der Waals surface area contributed by atoms with E-state index in [9.17, 15) is 0 Å². The van der Waals surface area contributed by atoms with Crippen molar-refractivity contribution in [3.63, 3.8) is 0 Å². The summed E-state index contributed by atoms with van der Waals surface area (Å²) in [4.78, 5) is 3.96. The van der Waals surface area contributed by atoms with Crippen LogP contribution in [0.1, 0.15) is 0 Å². The summed E-state index contributed by atoms with van der Waals surface area (Å²) in [5, 5.41) is 0. The fraction of sp³-hybridized carbons (Fsp3) is 0.667. The number of aliphatic imine (C=N–C) groups is 1. The lowest BCUT2D eigenvalue weighted by molar-refractivity contribution is 0.795. The van der Waals surface area contributed by atoms with Crippen molar-refractivity contribution < 1.29 is 0 Å². The Balaban J connectivity index is 2.38. The van der Waals surface area contributed by atoms with Crippen molar-refractivity contribution in [1.82, 2.24) is 3.11 Å². The standard InChI is InChI=1S/C3H5IN2/c4-6-2-1-5-3-6/h3H,1-2H2. The first-order chi connectivity index (χ1) is 2.89. The van der Waals surface area contributed by atoms with E-state index >= 15 is 0 Å². The first-order valence-electron chi connectivity index (χ1n) is 1.82. The first-order valence-corrected chi connectivity index (χ1v) is 2.78. The van der Waals surface area contributed by atoms with Crippen LogP contribution in [0.4, 0.5) is 0 Å². The largest absolute Gasteiger partial charge is 0.304 e. The first kappa shape index (κ1) is 4.36. The predicted octanol–water partition coefficient (Wildman–Crippen LogP) is 0.680. The van der Waals surface area contributed by atoms with Gasteiger partial charge in [-0.15, -0.1) is 0 Å². The zero-order valence-electron chi connectivity index (χ0n) is 3.26. The van der Waals surface area contributed by atoms with E-state index < -0.39 is 0 Å². The van der Waals surface area contributed by atoms with Gasteiger partial charge in [-0.3, -0.25) is 4.99 Å². The van der Waals surface area contributed by atoms with Crippen LogP contribution >= 0.6 is 22.9 Å². The van der Waals surface area contributed by atoms with E-state index in [-0.39, 0.29) is 0 Å². The molecule has 1 heterocycles. The molecule has 0 atom stereocenters. The van der Waals surface area contributed by atoms with Crippen LogP contribution in [0.15, 0.2) is 4.99 Å². The summed E-state index contributed by atoms with van der Waals surface area (Å²) < 4.78 is 2.04. The fourth-order valence-electron chi connectivity index (χ4n) is 0.357. The second-order valence-corrected chi connectivity index (χ2v) is 2.38. The Kier molecular flexibility index (Phi) is 1.29. The quantitative estimate of drug-likeness (QED) is 0.410. The Morgan fingerprint density at radius 3 is 2.83 bits per heavy atom. The highest BCUT2D eigenvalue weighted by molar-refractivity contribution is 14.1. The van der Waals surface area contributed by atoms with Gasteiger partial charge in [0.15, 0.2) is 0 Å². The summed E-state index contributed by atoms with van der Waals surface area (Å²) in [6, 6.07) is 0. The molecular formula is C3H5IN2. The number of hydrogen-bond donors (Lipinski definition) is 0. The summed E-state index contributed by atoms with van der Waals surface area (Å²) in [5.74, 6) is 0. The fourth-order valence-corrected chi connectivity index (χ4v) is 0.749. The van der Waals surface area contributed by atoms with Crippen LogP contribution in [0.5, 0.6) is 0 Å². The van der Waals surface area contributed by atoms with Gasteiger partial charge in [0.25, 0.3) is 0 Å². The van der Waals surface area contributed by atoms with Gasteiger partial charge in [0.05, 0.1) is 35.7 Å². The number of nitrogens with zero attached hydrogens (tertiary/aromatic N) is 2. The molecule has 0 saturated heterocycles. The molecule has 34 valence electrons. The van der Waals surface area contributed by atoms with E-state index in [0.717, 1.165) is 13.1 Å². The van der Waals surface area contributed by atoms with Gasteiger partial charge in [-0.05, 0) is 0 Å². The molecule has 6 heavy (non-hydrogen) atoms. The molecule has 0 saturated carbocycles. The average Bonchev–Trinajstić information content (AvgIpc) is 1.86. The van der Waals surface area contributed by atoms with Crippen LogP contribution in [0.25, 0.3) is 0 Å². The molecule has 0 fully saturated rings. The van der Waals surface area contributed by atoms with Gasteiger partial charge in [0.1, 0.15) is 0 Å². The minimum atomic E-state index is 0.975. The molecule has 1 aliphatic rings. The molecule has 2 nitrogen and oxygen atoms in total. The summed E-state index contributed by atoms with van der Waals surface area (Å²) in [7, 11) is 0. The topological polar surface area (TPSA) is 15.6 Å². The zero-order valence-corrected chi connectivity index (χ0v) is 5.42. The van der Waals surface area contributed by atoms with Gasteiger partial charge < -0.3 is 3.11 Å². The highest BCUT2D eigenvalue weighted by Gasteiger charge is 1.96. The molecule has 0 unspecified atom stereocenters. The van der Waals surface area contributed by atoms with Gasteiger partial charge in [-0.1, -0.05) is 0 Å². The molecule has 0 bridgehead atoms. The van der Waals surface area contributed by atoms with Gasteiger partial charge >= 0.3 is 0 Å². The molecule has 1 rings (SSSR count). The Hall–Kier alpha value is 0.200. The third kappa shape index (κ3) is 0.830. The Morgan fingerprint density at radius 1 is 1.83 bits per heavy atom. The van der Waals surface area contributed by atoms with Crippen molar-refractivity contribution in [3.8, 4) is 0 Å². The maximum absolute atomic E-state index is 3.96. The molecule has 0 spiro atoms. The molecule has 0 N–H and O–H groups in total. The third-order valence-corrected chi connectivity index (χ3v) is 1.38. The van der Waals surface area contributed by atoms with Crippen LogP contribution in [-0.4, -0.2) is 22.5 Å². The second-order valence-electron chi connectivity index (χ2n) is 1.14. The lowest BCUT2D eigenvalue weighted by atomic mass is 10.7. The maximum Gasteiger partial charge on any atom is 0.0938 e. The van der Waals surface area contributed by atoms with E-state index in [4.69, 9.17) is 0 Å². The van der Waals surface area contributed by atoms with Crippen molar-refractivity contribution in [1.29, 1.82) is 0 Å². The summed E-state index contributed by atoms with van der Waals surface area (Å²) >= 11 is 2.22. The van der Waals surface area contributed by atoms with E-state index in [1.165, 1.54) is 0 Å². The molecule has 0 aliphatic carbocycles. The van der Waals surface area contributed by atoms with Crippen LogP contribution < -0.4 is 0 Å². The minimum absolute atomic E-state index is 0.975. The number of hydrogen-bond acceptors (Lipinski definition) is 2. The van der Waals surface area contributed by atoms with Gasteiger partial charge in [0.2, 0.25) is 0 Å². The van der Waals surface area contributed by atoms with Crippen molar-refractivity contribution in [2.75, 3.05) is 13.1 Å². The van der Waals surface area contributed by atoms with E-state index in [2.05, 4.69) is 27.9 Å². The smallest absolute Gasteiger partial charge is 0.0938 e. The number of halogens is 1. The monoisotopic (exact) mass is 196 g/mol. The molecule has 0 aromatic rings. The van der Waals surface area contributed by atoms with E-state index in [1.54, 1.807) is 0 Å². The summed E-state index contributed by atoms with van der Waals surface area (Å²) in [6.07, 6.45) is 1.85. The third-order valence-electron chi connectivity index (χ3n) is 0.650. The normalized spacial score (nSPS) is 19.8. The molecule has 0 amide bonds. The lowest BCUT2D eigenvalue weighted by Gasteiger charge is -1.95. The highest BCUT2D eigenvalue weighted by Crippen LogP contribution is 1.98. The Bertz CT molecular complexity index is 71.2. The van der Waals surface area contributed by atoms with Crippen LogP contribution in [-0.2, 0) is 0 Å². The summed E-state index contributed by atoms with van der Waals surface area (Å²) in [6.45, 7) is 2.06. The molecule has 0 aromatic carbocycles. The second kappa shape index (κ2) is 1.77.